The van der Waals surface area contributed by atoms with E-state index in [4.69, 9.17) is 25.8 Å². The highest BCUT2D eigenvalue weighted by Crippen LogP contribution is 2.42. The van der Waals surface area contributed by atoms with E-state index in [0.29, 0.717) is 39.1 Å². The van der Waals surface area contributed by atoms with Gasteiger partial charge in [0.05, 0.1) is 30.3 Å². The lowest BCUT2D eigenvalue weighted by atomic mass is 10.2. The number of carbonyl (C=O) groups excluding carboxylic acids is 1. The fourth-order valence-electron chi connectivity index (χ4n) is 2.95. The molecule has 0 spiro atoms. The molecule has 1 aromatic heterocycles. The van der Waals surface area contributed by atoms with Crippen LogP contribution in [0.1, 0.15) is 25.2 Å². The van der Waals surface area contributed by atoms with Crippen LogP contribution < -0.4 is 15.0 Å². The van der Waals surface area contributed by atoms with Gasteiger partial charge in [0, 0.05) is 14.5 Å². The molecule has 0 unspecified atom stereocenters. The van der Waals surface area contributed by atoms with Crippen molar-refractivity contribution in [1.29, 1.82) is 0 Å². The van der Waals surface area contributed by atoms with Crippen molar-refractivity contribution in [2.24, 2.45) is 5.10 Å². The van der Waals surface area contributed by atoms with Gasteiger partial charge in [0.25, 0.3) is 5.56 Å². The summed E-state index contributed by atoms with van der Waals surface area (Å²) >= 11 is 13.3. The van der Waals surface area contributed by atoms with Crippen LogP contribution in [0.15, 0.2) is 43.1 Å². The highest BCUT2D eigenvalue weighted by molar-refractivity contribution is 9.10. The number of carbonyl (C=O) groups is 1. The molecule has 33 heavy (non-hydrogen) atoms. The topological polar surface area (TPSA) is 92.0 Å². The fourth-order valence-corrected chi connectivity index (χ4v) is 3.96. The van der Waals surface area contributed by atoms with Crippen molar-refractivity contribution in [1.82, 2.24) is 9.66 Å². The van der Waals surface area contributed by atoms with E-state index in [1.807, 2.05) is 6.07 Å². The van der Waals surface area contributed by atoms with Crippen LogP contribution in [0, 0.1) is 6.92 Å². The van der Waals surface area contributed by atoms with E-state index in [9.17, 15) is 9.59 Å². The quantitative estimate of drug-likeness (QED) is 0.263. The van der Waals surface area contributed by atoms with Crippen molar-refractivity contribution >= 4 is 66.5 Å². The summed E-state index contributed by atoms with van der Waals surface area (Å²) in [5.41, 5.74) is 0.808. The minimum absolute atomic E-state index is 0.191. The Morgan fingerprint density at radius 3 is 2.67 bits per heavy atom. The first kappa shape index (κ1) is 25.2. The van der Waals surface area contributed by atoms with Gasteiger partial charge in [-0.2, -0.15) is 9.78 Å². The van der Waals surface area contributed by atoms with Crippen LogP contribution in [0.25, 0.3) is 10.9 Å². The summed E-state index contributed by atoms with van der Waals surface area (Å²) in [5, 5.41) is 4.95. The monoisotopic (exact) mass is 599 g/mol. The lowest BCUT2D eigenvalue weighted by molar-refractivity contribution is -0.145. The fraction of sp³-hybridized carbons (Fsp3) is 0.273. The highest BCUT2D eigenvalue weighted by atomic mass is 79.9. The molecule has 3 aromatic rings. The average molecular weight is 602 g/mol. The molecule has 0 radical (unpaired) electrons. The molecule has 0 saturated carbocycles. The zero-order valence-corrected chi connectivity index (χ0v) is 22.0. The Morgan fingerprint density at radius 2 is 1.97 bits per heavy atom. The van der Waals surface area contributed by atoms with Gasteiger partial charge in [0.15, 0.2) is 18.1 Å². The summed E-state index contributed by atoms with van der Waals surface area (Å²) in [6.45, 7) is 5.47. The highest BCUT2D eigenvalue weighted by Gasteiger charge is 2.19. The molecule has 0 aliphatic heterocycles. The molecular formula is C22H20Br2ClN3O5. The van der Waals surface area contributed by atoms with E-state index >= 15 is 0 Å². The van der Waals surface area contributed by atoms with Crippen LogP contribution in [-0.2, 0) is 9.53 Å². The van der Waals surface area contributed by atoms with E-state index in [1.54, 1.807) is 39.0 Å². The second-order valence-electron chi connectivity index (χ2n) is 6.63. The first-order valence-electron chi connectivity index (χ1n) is 9.93. The average Bonchev–Trinajstić information content (AvgIpc) is 2.77. The summed E-state index contributed by atoms with van der Waals surface area (Å²) in [7, 11) is 0. The van der Waals surface area contributed by atoms with Crippen LogP contribution in [0.3, 0.4) is 0 Å². The number of fused-ring (bicyclic) bond motifs is 1. The Kier molecular flexibility index (Phi) is 8.50. The van der Waals surface area contributed by atoms with Gasteiger partial charge in [0.2, 0.25) is 0 Å². The van der Waals surface area contributed by atoms with E-state index in [1.165, 1.54) is 10.9 Å². The molecule has 0 N–H and O–H groups in total. The molecule has 0 aliphatic carbocycles. The molecule has 0 fully saturated rings. The number of halogens is 3. The third-order valence-corrected chi connectivity index (χ3v) is 6.31. The van der Waals surface area contributed by atoms with Gasteiger partial charge in [0.1, 0.15) is 10.8 Å². The Bertz CT molecular complexity index is 1290. The molecule has 1 heterocycles. The van der Waals surface area contributed by atoms with Crippen LogP contribution in [0.2, 0.25) is 5.02 Å². The first-order valence-corrected chi connectivity index (χ1v) is 11.9. The summed E-state index contributed by atoms with van der Waals surface area (Å²) in [6, 6.07) is 6.93. The number of esters is 1. The smallest absolute Gasteiger partial charge is 0.344 e. The number of hydrogen-bond acceptors (Lipinski definition) is 7. The molecule has 0 atom stereocenters. The molecule has 8 nitrogen and oxygen atoms in total. The molecule has 11 heteroatoms. The molecule has 0 saturated heterocycles. The number of aromatic nitrogens is 2. The van der Waals surface area contributed by atoms with Crippen molar-refractivity contribution in [3.63, 3.8) is 0 Å². The predicted octanol–water partition coefficient (Wildman–Crippen LogP) is 5.11. The normalized spacial score (nSPS) is 11.2. The summed E-state index contributed by atoms with van der Waals surface area (Å²) in [6.07, 6.45) is 1.47. The van der Waals surface area contributed by atoms with Crippen LogP contribution >= 0.6 is 43.5 Å². The van der Waals surface area contributed by atoms with Crippen LogP contribution in [-0.4, -0.2) is 41.7 Å². The van der Waals surface area contributed by atoms with E-state index in [2.05, 4.69) is 41.9 Å². The van der Waals surface area contributed by atoms with Gasteiger partial charge in [-0.3, -0.25) is 4.79 Å². The SMILES string of the molecule is CCOC(=O)COc1c(OCC)cc(C=Nn2c(C)nc3ccc(Br)cc3c2=O)c(Br)c1Cl. The van der Waals surface area contributed by atoms with Crippen molar-refractivity contribution in [2.45, 2.75) is 20.8 Å². The van der Waals surface area contributed by atoms with Crippen LogP contribution in [0.4, 0.5) is 0 Å². The molecule has 174 valence electrons. The number of hydrogen-bond donors (Lipinski definition) is 0. The third kappa shape index (κ3) is 5.74. The first-order chi connectivity index (χ1) is 15.8. The summed E-state index contributed by atoms with van der Waals surface area (Å²) in [4.78, 5) is 29.1. The molecule has 0 amide bonds. The Morgan fingerprint density at radius 1 is 1.21 bits per heavy atom. The summed E-state index contributed by atoms with van der Waals surface area (Å²) < 4.78 is 18.5. The minimum atomic E-state index is -0.525. The summed E-state index contributed by atoms with van der Waals surface area (Å²) in [5.74, 6) is 0.415. The number of nitrogens with zero attached hydrogens (tertiary/aromatic N) is 3. The zero-order chi connectivity index (χ0) is 24.1. The number of ether oxygens (including phenoxy) is 3. The van der Waals surface area contributed by atoms with Crippen molar-refractivity contribution < 1.29 is 19.0 Å². The third-order valence-electron chi connectivity index (χ3n) is 4.38. The Labute approximate surface area is 211 Å². The second kappa shape index (κ2) is 11.1. The predicted molar refractivity (Wildman–Crippen MR) is 134 cm³/mol. The lowest BCUT2D eigenvalue weighted by Gasteiger charge is -2.15. The van der Waals surface area contributed by atoms with Gasteiger partial charge in [-0.15, -0.1) is 0 Å². The molecule has 2 aromatic carbocycles. The largest absolute Gasteiger partial charge is 0.490 e. The Hall–Kier alpha value is -2.43. The molecule has 0 bridgehead atoms. The lowest BCUT2D eigenvalue weighted by Crippen LogP contribution is -2.20. The van der Waals surface area contributed by atoms with Gasteiger partial charge in [-0.1, -0.05) is 27.5 Å². The molecule has 0 aliphatic rings. The number of rotatable bonds is 8. The van der Waals surface area contributed by atoms with Crippen molar-refractivity contribution in [2.75, 3.05) is 19.8 Å². The van der Waals surface area contributed by atoms with Crippen molar-refractivity contribution in [3.05, 3.63) is 60.0 Å². The maximum atomic E-state index is 13.0. The zero-order valence-electron chi connectivity index (χ0n) is 18.0. The minimum Gasteiger partial charge on any atom is -0.490 e. The van der Waals surface area contributed by atoms with Gasteiger partial charge < -0.3 is 14.2 Å². The van der Waals surface area contributed by atoms with E-state index in [0.717, 1.165) is 4.47 Å². The maximum Gasteiger partial charge on any atom is 0.344 e. The number of aryl methyl sites for hydroxylation is 1. The van der Waals surface area contributed by atoms with E-state index < -0.39 is 5.97 Å². The maximum absolute atomic E-state index is 13.0. The van der Waals surface area contributed by atoms with Gasteiger partial charge in [-0.05, 0) is 61.0 Å². The van der Waals surface area contributed by atoms with Crippen LogP contribution in [0.5, 0.6) is 11.5 Å². The Balaban J connectivity index is 2.02. The second-order valence-corrected chi connectivity index (χ2v) is 8.72. The van der Waals surface area contributed by atoms with Gasteiger partial charge in [-0.25, -0.2) is 9.78 Å². The molecule has 3 rings (SSSR count). The molecular weight excluding hydrogens is 582 g/mol. The van der Waals surface area contributed by atoms with Gasteiger partial charge >= 0.3 is 5.97 Å². The standard InChI is InChI=1S/C22H20Br2ClN3O5/c1-4-31-17-8-13(19(24)20(25)21(17)33-11-18(29)32-5-2)10-26-28-12(3)27-16-7-6-14(23)9-15(16)22(28)30/h6-10H,4-5,11H2,1-3H3. The van der Waals surface area contributed by atoms with E-state index in [-0.39, 0.29) is 29.5 Å². The number of benzene rings is 2. The van der Waals surface area contributed by atoms with Crippen molar-refractivity contribution in [3.8, 4) is 11.5 Å².